The van der Waals surface area contributed by atoms with E-state index in [1.165, 1.54) is 12.1 Å². The zero-order valence-electron chi connectivity index (χ0n) is 9.56. The molecule has 0 saturated carbocycles. The second kappa shape index (κ2) is 5.81. The molecule has 19 heavy (non-hydrogen) atoms. The summed E-state index contributed by atoms with van der Waals surface area (Å²) in [6.45, 7) is 0. The van der Waals surface area contributed by atoms with Crippen molar-refractivity contribution in [2.24, 2.45) is 0 Å². The van der Waals surface area contributed by atoms with Gasteiger partial charge in [-0.1, -0.05) is 53.7 Å². The minimum atomic E-state index is -4.72. The van der Waals surface area contributed by atoms with Crippen LogP contribution in [0.5, 0.6) is 5.75 Å². The van der Waals surface area contributed by atoms with E-state index in [1.807, 2.05) is 6.07 Å². The van der Waals surface area contributed by atoms with Gasteiger partial charge >= 0.3 is 6.36 Å². The number of para-hydroxylation sites is 1. The first kappa shape index (κ1) is 14.2. The summed E-state index contributed by atoms with van der Waals surface area (Å²) in [5.74, 6) is -0.250. The standard InChI is InChI=1S/C13H9ClF3OP/c14-19(10-6-2-1-3-7-10)12-9-5-4-8-11(12)18-13(15,16)17/h1-9H. The third-order valence-corrected chi connectivity index (χ3v) is 4.96. The fourth-order valence-corrected chi connectivity index (χ4v) is 3.53. The summed E-state index contributed by atoms with van der Waals surface area (Å²) in [7, 11) is -1.40. The van der Waals surface area contributed by atoms with Gasteiger partial charge in [0.25, 0.3) is 0 Å². The van der Waals surface area contributed by atoms with Gasteiger partial charge in [-0.2, -0.15) is 0 Å². The topological polar surface area (TPSA) is 9.23 Å². The third kappa shape index (κ3) is 3.85. The molecule has 1 nitrogen and oxygen atoms in total. The van der Waals surface area contributed by atoms with Gasteiger partial charge in [0.2, 0.25) is 0 Å². The summed E-state index contributed by atoms with van der Waals surface area (Å²) in [6, 6.07) is 14.9. The fraction of sp³-hybridized carbons (Fsp3) is 0.0769. The quantitative estimate of drug-likeness (QED) is 0.773. The summed E-state index contributed by atoms with van der Waals surface area (Å²) in [6.07, 6.45) is -4.72. The molecule has 0 radical (unpaired) electrons. The lowest BCUT2D eigenvalue weighted by molar-refractivity contribution is -0.274. The Labute approximate surface area is 114 Å². The van der Waals surface area contributed by atoms with Crippen LogP contribution >= 0.6 is 18.5 Å². The van der Waals surface area contributed by atoms with E-state index in [2.05, 4.69) is 4.74 Å². The van der Waals surface area contributed by atoms with Crippen LogP contribution in [0.2, 0.25) is 0 Å². The van der Waals surface area contributed by atoms with Crippen LogP contribution < -0.4 is 15.3 Å². The van der Waals surface area contributed by atoms with E-state index < -0.39 is 13.6 Å². The van der Waals surface area contributed by atoms with Gasteiger partial charge in [-0.25, -0.2) is 0 Å². The highest BCUT2D eigenvalue weighted by Crippen LogP contribution is 2.42. The van der Waals surface area contributed by atoms with Crippen molar-refractivity contribution >= 4 is 29.1 Å². The number of ether oxygens (including phenoxy) is 1. The molecule has 1 atom stereocenters. The Kier molecular flexibility index (Phi) is 4.33. The molecule has 1 unspecified atom stereocenters. The second-order valence-electron chi connectivity index (χ2n) is 3.63. The van der Waals surface area contributed by atoms with Gasteiger partial charge in [-0.15, -0.1) is 13.2 Å². The van der Waals surface area contributed by atoms with Crippen LogP contribution in [0.25, 0.3) is 0 Å². The largest absolute Gasteiger partial charge is 0.573 e. The normalized spacial score (nSPS) is 13.1. The SMILES string of the molecule is FC(F)(F)Oc1ccccc1P(Cl)c1ccccc1. The highest BCUT2D eigenvalue weighted by atomic mass is 35.7. The summed E-state index contributed by atoms with van der Waals surface area (Å²) in [4.78, 5) is 0. The van der Waals surface area contributed by atoms with E-state index in [4.69, 9.17) is 11.2 Å². The van der Waals surface area contributed by atoms with Crippen molar-refractivity contribution in [3.05, 3.63) is 54.6 Å². The first-order valence-corrected chi connectivity index (χ1v) is 7.58. The Morgan fingerprint density at radius 2 is 1.47 bits per heavy atom. The van der Waals surface area contributed by atoms with Crippen LogP contribution in [0.4, 0.5) is 13.2 Å². The van der Waals surface area contributed by atoms with E-state index in [1.54, 1.807) is 36.4 Å². The number of halogens is 4. The maximum Gasteiger partial charge on any atom is 0.573 e. The van der Waals surface area contributed by atoms with Gasteiger partial charge in [0.15, 0.2) is 0 Å². The van der Waals surface area contributed by atoms with Crippen molar-refractivity contribution in [2.75, 3.05) is 0 Å². The molecular formula is C13H9ClF3OP. The predicted molar refractivity (Wildman–Crippen MR) is 71.6 cm³/mol. The fourth-order valence-electron chi connectivity index (χ4n) is 1.53. The monoisotopic (exact) mass is 304 g/mol. The first-order chi connectivity index (χ1) is 8.97. The lowest BCUT2D eigenvalue weighted by atomic mass is 10.3. The van der Waals surface area contributed by atoms with Crippen LogP contribution in [0.3, 0.4) is 0 Å². The molecule has 2 aromatic rings. The maximum absolute atomic E-state index is 12.3. The van der Waals surface area contributed by atoms with Crippen LogP contribution in [0, 0.1) is 0 Å². The number of benzene rings is 2. The Balaban J connectivity index is 2.35. The van der Waals surface area contributed by atoms with Crippen molar-refractivity contribution in [3.8, 4) is 5.75 Å². The van der Waals surface area contributed by atoms with E-state index in [0.717, 1.165) is 5.30 Å². The molecule has 0 aromatic heterocycles. The molecule has 0 spiro atoms. The minimum Gasteiger partial charge on any atom is -0.405 e. The Hall–Kier alpha value is -1.25. The predicted octanol–water partition coefficient (Wildman–Crippen LogP) is 4.17. The van der Waals surface area contributed by atoms with Crippen molar-refractivity contribution in [3.63, 3.8) is 0 Å². The van der Waals surface area contributed by atoms with Crippen molar-refractivity contribution in [1.29, 1.82) is 0 Å². The number of alkyl halides is 3. The van der Waals surface area contributed by atoms with Crippen LogP contribution in [0.1, 0.15) is 0 Å². The summed E-state index contributed by atoms with van der Waals surface area (Å²) in [5.41, 5.74) is 0. The lowest BCUT2D eigenvalue weighted by Crippen LogP contribution is -2.21. The Morgan fingerprint density at radius 1 is 0.895 bits per heavy atom. The lowest BCUT2D eigenvalue weighted by Gasteiger charge is -2.16. The maximum atomic E-state index is 12.3. The van der Waals surface area contributed by atoms with Crippen molar-refractivity contribution in [2.45, 2.75) is 6.36 Å². The number of rotatable bonds is 3. The molecular weight excluding hydrogens is 296 g/mol. The van der Waals surface area contributed by atoms with Gasteiger partial charge in [-0.3, -0.25) is 0 Å². The molecule has 6 heteroatoms. The highest BCUT2D eigenvalue weighted by Gasteiger charge is 2.32. The van der Waals surface area contributed by atoms with Gasteiger partial charge < -0.3 is 4.74 Å². The molecule has 0 heterocycles. The van der Waals surface area contributed by atoms with Gasteiger partial charge in [-0.05, 0) is 17.4 Å². The van der Waals surface area contributed by atoms with E-state index in [0.29, 0.717) is 5.30 Å². The van der Waals surface area contributed by atoms with E-state index >= 15 is 0 Å². The molecule has 0 aliphatic rings. The Morgan fingerprint density at radius 3 is 2.11 bits per heavy atom. The minimum absolute atomic E-state index is 0.250. The highest BCUT2D eigenvalue weighted by molar-refractivity contribution is 7.95. The smallest absolute Gasteiger partial charge is 0.405 e. The molecule has 2 aromatic carbocycles. The van der Waals surface area contributed by atoms with E-state index in [9.17, 15) is 13.2 Å². The first-order valence-electron chi connectivity index (χ1n) is 5.33. The zero-order chi connectivity index (χ0) is 13.9. The average molecular weight is 305 g/mol. The summed E-state index contributed by atoms with van der Waals surface area (Å²) < 4.78 is 41.0. The van der Waals surface area contributed by atoms with E-state index in [-0.39, 0.29) is 5.75 Å². The Bertz CT molecular complexity index is 545. The molecule has 0 saturated heterocycles. The molecule has 0 aliphatic carbocycles. The molecule has 0 aliphatic heterocycles. The second-order valence-corrected chi connectivity index (χ2v) is 6.21. The average Bonchev–Trinajstić information content (AvgIpc) is 2.38. The third-order valence-electron chi connectivity index (χ3n) is 2.29. The zero-order valence-corrected chi connectivity index (χ0v) is 11.2. The van der Waals surface area contributed by atoms with Gasteiger partial charge in [0, 0.05) is 5.30 Å². The molecule has 2 rings (SSSR count). The van der Waals surface area contributed by atoms with Crippen molar-refractivity contribution in [1.82, 2.24) is 0 Å². The molecule has 0 N–H and O–H groups in total. The van der Waals surface area contributed by atoms with Crippen LogP contribution in [0.15, 0.2) is 54.6 Å². The molecule has 0 bridgehead atoms. The summed E-state index contributed by atoms with van der Waals surface area (Å²) in [5, 5.41) is 1.13. The van der Waals surface area contributed by atoms with Crippen LogP contribution in [-0.4, -0.2) is 6.36 Å². The number of hydrogen-bond donors (Lipinski definition) is 0. The number of hydrogen-bond acceptors (Lipinski definition) is 1. The molecule has 100 valence electrons. The van der Waals surface area contributed by atoms with Gasteiger partial charge in [0.1, 0.15) is 5.75 Å². The van der Waals surface area contributed by atoms with Gasteiger partial charge in [0.05, 0.1) is 7.27 Å². The van der Waals surface area contributed by atoms with Crippen LogP contribution in [-0.2, 0) is 0 Å². The van der Waals surface area contributed by atoms with Crippen molar-refractivity contribution < 1.29 is 17.9 Å². The molecule has 0 amide bonds. The molecule has 0 fully saturated rings. The summed E-state index contributed by atoms with van der Waals surface area (Å²) >= 11 is 6.28.